The van der Waals surface area contributed by atoms with Crippen LogP contribution in [0, 0.1) is 22.0 Å². The number of pyridine rings is 1. The predicted molar refractivity (Wildman–Crippen MR) is 176 cm³/mol. The van der Waals surface area contributed by atoms with E-state index >= 15 is 0 Å². The molecule has 2 fully saturated rings. The van der Waals surface area contributed by atoms with Gasteiger partial charge in [-0.1, -0.05) is 60.7 Å². The molecule has 236 valence electrons. The van der Waals surface area contributed by atoms with E-state index < -0.39 is 12.0 Å². The summed E-state index contributed by atoms with van der Waals surface area (Å²) in [6.07, 6.45) is 7.57. The number of amides is 1. The third-order valence-corrected chi connectivity index (χ3v) is 9.13. The number of benzene rings is 3. The highest BCUT2D eigenvalue weighted by Crippen LogP contribution is 2.38. The molecule has 1 saturated heterocycles. The van der Waals surface area contributed by atoms with E-state index in [2.05, 4.69) is 34.1 Å². The molecule has 1 unspecified atom stereocenters. The summed E-state index contributed by atoms with van der Waals surface area (Å²) in [4.78, 5) is 45.3. The number of carbonyl (C=O) groups is 2. The largest absolute Gasteiger partial charge is 0.481 e. The molecule has 4 aromatic rings. The van der Waals surface area contributed by atoms with Gasteiger partial charge in [-0.25, -0.2) is 0 Å². The van der Waals surface area contributed by atoms with Crippen molar-refractivity contribution in [1.82, 2.24) is 9.88 Å². The maximum atomic E-state index is 13.5. The van der Waals surface area contributed by atoms with Gasteiger partial charge in [-0.05, 0) is 84.0 Å². The maximum Gasteiger partial charge on any atom is 0.305 e. The Bertz CT molecular complexity index is 1680. The quantitative estimate of drug-likeness (QED) is 0.133. The lowest BCUT2D eigenvalue weighted by Crippen LogP contribution is -2.36. The van der Waals surface area contributed by atoms with Gasteiger partial charge in [0.15, 0.2) is 0 Å². The Morgan fingerprint density at radius 1 is 0.913 bits per heavy atom. The maximum absolute atomic E-state index is 13.5. The van der Waals surface area contributed by atoms with Crippen LogP contribution in [0.4, 0.5) is 11.4 Å². The number of hydrogen-bond donors (Lipinski definition) is 1. The van der Waals surface area contributed by atoms with Crippen molar-refractivity contribution in [2.75, 3.05) is 18.0 Å². The van der Waals surface area contributed by atoms with Gasteiger partial charge in [-0.2, -0.15) is 0 Å². The summed E-state index contributed by atoms with van der Waals surface area (Å²) in [5.74, 6) is -0.605. The molecule has 46 heavy (non-hydrogen) atoms. The molecule has 0 radical (unpaired) electrons. The van der Waals surface area contributed by atoms with Crippen LogP contribution in [0.3, 0.4) is 0 Å². The number of nitro benzene ring substituents is 1. The van der Waals surface area contributed by atoms with Crippen LogP contribution < -0.4 is 4.90 Å². The second-order valence-electron chi connectivity index (χ2n) is 12.4. The molecular formula is C37H38N4O5. The summed E-state index contributed by atoms with van der Waals surface area (Å²) in [6.45, 7) is 1.76. The summed E-state index contributed by atoms with van der Waals surface area (Å²) in [5, 5.41) is 22.0. The smallest absolute Gasteiger partial charge is 0.305 e. The van der Waals surface area contributed by atoms with Crippen molar-refractivity contribution in [2.45, 2.75) is 51.1 Å². The van der Waals surface area contributed by atoms with Crippen molar-refractivity contribution >= 4 is 23.3 Å². The molecule has 2 heterocycles. The van der Waals surface area contributed by atoms with Crippen molar-refractivity contribution < 1.29 is 19.6 Å². The second kappa shape index (κ2) is 13.9. The number of carbonyl (C=O) groups excluding carboxylic acids is 1. The highest BCUT2D eigenvalue weighted by Gasteiger charge is 2.37. The molecular weight excluding hydrogens is 580 g/mol. The fraction of sp³-hybridized carbons (Fsp3) is 0.324. The average molecular weight is 619 g/mol. The van der Waals surface area contributed by atoms with Crippen LogP contribution in [0.25, 0.3) is 11.1 Å². The van der Waals surface area contributed by atoms with E-state index in [-0.39, 0.29) is 35.4 Å². The van der Waals surface area contributed by atoms with Crippen LogP contribution in [0.1, 0.15) is 54.8 Å². The molecule has 9 heteroatoms. The van der Waals surface area contributed by atoms with Gasteiger partial charge in [0.1, 0.15) is 5.69 Å². The predicted octanol–water partition coefficient (Wildman–Crippen LogP) is 7.07. The lowest BCUT2D eigenvalue weighted by Gasteiger charge is -2.33. The SMILES string of the molecule is O=C(O)CC(c1cccnc1)N(Cc1cccc(-c2ccc(N3CCC(Cc4ccccc4)CC3)c([N+](=O)[O-])c2)c1)C(=O)C1CC1. The molecule has 9 nitrogen and oxygen atoms in total. The number of nitrogens with zero attached hydrogens (tertiary/aromatic N) is 4. The first-order chi connectivity index (χ1) is 22.4. The van der Waals surface area contributed by atoms with Crippen LogP contribution in [0.5, 0.6) is 0 Å². The zero-order valence-corrected chi connectivity index (χ0v) is 25.7. The first kappa shape index (κ1) is 31.0. The van der Waals surface area contributed by atoms with Gasteiger partial charge in [-0.15, -0.1) is 0 Å². The van der Waals surface area contributed by atoms with Gasteiger partial charge >= 0.3 is 5.97 Å². The minimum absolute atomic E-state index is 0.0620. The molecule has 1 aliphatic carbocycles. The third kappa shape index (κ3) is 7.42. The van der Waals surface area contributed by atoms with E-state index in [4.69, 9.17) is 0 Å². The molecule has 6 rings (SSSR count). The topological polar surface area (TPSA) is 117 Å². The molecule has 1 atom stereocenters. The van der Waals surface area contributed by atoms with E-state index in [0.29, 0.717) is 22.7 Å². The van der Waals surface area contributed by atoms with Crippen molar-refractivity contribution in [2.24, 2.45) is 11.8 Å². The summed E-state index contributed by atoms with van der Waals surface area (Å²) >= 11 is 0. The molecule has 2 aliphatic rings. The van der Waals surface area contributed by atoms with Gasteiger partial charge in [0, 0.05) is 44.0 Å². The Labute approximate surface area is 268 Å². The lowest BCUT2D eigenvalue weighted by atomic mass is 9.90. The van der Waals surface area contributed by atoms with Crippen molar-refractivity contribution in [1.29, 1.82) is 0 Å². The molecule has 3 aromatic carbocycles. The van der Waals surface area contributed by atoms with Crippen LogP contribution in [-0.4, -0.2) is 44.9 Å². The van der Waals surface area contributed by atoms with E-state index in [0.717, 1.165) is 56.3 Å². The molecule has 1 aliphatic heterocycles. The van der Waals surface area contributed by atoms with Crippen LogP contribution in [-0.2, 0) is 22.6 Å². The van der Waals surface area contributed by atoms with Crippen LogP contribution in [0.15, 0.2) is 97.3 Å². The van der Waals surface area contributed by atoms with E-state index in [1.54, 1.807) is 35.5 Å². The van der Waals surface area contributed by atoms with E-state index in [9.17, 15) is 24.8 Å². The number of carboxylic acids is 1. The molecule has 0 spiro atoms. The number of rotatable bonds is 12. The molecule has 1 N–H and O–H groups in total. The van der Waals surface area contributed by atoms with Gasteiger partial charge in [0.25, 0.3) is 5.69 Å². The number of aromatic nitrogens is 1. The van der Waals surface area contributed by atoms with Crippen molar-refractivity contribution in [3.63, 3.8) is 0 Å². The third-order valence-electron chi connectivity index (χ3n) is 9.13. The monoisotopic (exact) mass is 618 g/mol. The fourth-order valence-electron chi connectivity index (χ4n) is 6.54. The molecule has 1 amide bonds. The minimum Gasteiger partial charge on any atom is -0.481 e. The fourth-order valence-corrected chi connectivity index (χ4v) is 6.54. The number of aliphatic carboxylic acids is 1. The summed E-state index contributed by atoms with van der Waals surface area (Å²) < 4.78 is 0. The first-order valence-corrected chi connectivity index (χ1v) is 15.9. The normalized spacial score (nSPS) is 15.7. The number of hydrogen-bond acceptors (Lipinski definition) is 6. The highest BCUT2D eigenvalue weighted by molar-refractivity contribution is 5.82. The average Bonchev–Trinajstić information content (AvgIpc) is 3.93. The van der Waals surface area contributed by atoms with E-state index in [1.165, 1.54) is 5.56 Å². The lowest BCUT2D eigenvalue weighted by molar-refractivity contribution is -0.384. The summed E-state index contributed by atoms with van der Waals surface area (Å²) in [7, 11) is 0. The Balaban J connectivity index is 1.22. The molecule has 1 aromatic heterocycles. The minimum atomic E-state index is -0.996. The summed E-state index contributed by atoms with van der Waals surface area (Å²) in [5.41, 5.74) is 5.04. The molecule has 0 bridgehead atoms. The Kier molecular flexibility index (Phi) is 9.38. The number of carboxylic acid groups (broad SMARTS) is 1. The molecule has 1 saturated carbocycles. The van der Waals surface area contributed by atoms with Gasteiger partial charge < -0.3 is 14.9 Å². The number of nitro groups is 1. The second-order valence-corrected chi connectivity index (χ2v) is 12.4. The van der Waals surface area contributed by atoms with Crippen LogP contribution >= 0.6 is 0 Å². The summed E-state index contributed by atoms with van der Waals surface area (Å²) in [6, 6.07) is 26.4. The van der Waals surface area contributed by atoms with Gasteiger partial charge in [0.2, 0.25) is 5.91 Å². The van der Waals surface area contributed by atoms with Gasteiger partial charge in [0.05, 0.1) is 17.4 Å². The van der Waals surface area contributed by atoms with Crippen molar-refractivity contribution in [3.05, 3.63) is 124 Å². The zero-order chi connectivity index (χ0) is 32.0. The zero-order valence-electron chi connectivity index (χ0n) is 25.7. The first-order valence-electron chi connectivity index (χ1n) is 15.9. The van der Waals surface area contributed by atoms with Gasteiger partial charge in [-0.3, -0.25) is 24.7 Å². The van der Waals surface area contributed by atoms with E-state index in [1.807, 2.05) is 42.5 Å². The Morgan fingerprint density at radius 3 is 2.33 bits per heavy atom. The number of piperidine rings is 1. The standard InChI is InChI=1S/C37H38N4O5/c42-36(43)23-34(32-10-5-17-38-24-32)40(37(44)29-11-12-29)25-28-8-4-9-30(21-28)31-13-14-33(35(22-31)41(45)46)39-18-15-27(16-19-39)20-26-6-2-1-3-7-26/h1-10,13-14,17,21-22,24,27,29,34H,11-12,15-16,18-20,23,25H2,(H,42,43). The Morgan fingerprint density at radius 2 is 1.65 bits per heavy atom. The Hall–Kier alpha value is -5.05. The van der Waals surface area contributed by atoms with Crippen molar-refractivity contribution in [3.8, 4) is 11.1 Å². The number of anilines is 1. The highest BCUT2D eigenvalue weighted by atomic mass is 16.6. The van der Waals surface area contributed by atoms with Crippen LogP contribution in [0.2, 0.25) is 0 Å².